The van der Waals surface area contributed by atoms with E-state index in [2.05, 4.69) is 24.3 Å². The minimum Gasteiger partial charge on any atom is -0.326 e. The summed E-state index contributed by atoms with van der Waals surface area (Å²) in [6.07, 6.45) is 7.54. The van der Waals surface area contributed by atoms with Crippen LogP contribution >= 0.6 is 0 Å². The van der Waals surface area contributed by atoms with E-state index in [9.17, 15) is 4.79 Å². The van der Waals surface area contributed by atoms with E-state index in [1.54, 1.807) is 0 Å². The van der Waals surface area contributed by atoms with Gasteiger partial charge in [-0.25, -0.2) is 0 Å². The first-order valence-electron chi connectivity index (χ1n) is 8.06. The molecule has 1 fully saturated rings. The molecule has 3 heteroatoms. The Labute approximate surface area is 126 Å². The van der Waals surface area contributed by atoms with Gasteiger partial charge in [0, 0.05) is 6.04 Å². The molecule has 3 nitrogen and oxygen atoms in total. The maximum atomic E-state index is 13.0. The number of nitriles is 1. The quantitative estimate of drug-likeness (QED) is 0.797. The summed E-state index contributed by atoms with van der Waals surface area (Å²) in [5.74, 6) is 0.138. The van der Waals surface area contributed by atoms with E-state index >= 15 is 0 Å². The number of carbonyl (C=O) groups is 1. The van der Waals surface area contributed by atoms with Crippen LogP contribution in [0.15, 0.2) is 24.3 Å². The van der Waals surface area contributed by atoms with Crippen LogP contribution in [0.2, 0.25) is 0 Å². The molecule has 1 amide bonds. The molecule has 0 spiro atoms. The van der Waals surface area contributed by atoms with Crippen molar-refractivity contribution in [2.24, 2.45) is 0 Å². The smallest absolute Gasteiger partial charge is 0.231 e. The van der Waals surface area contributed by atoms with E-state index in [1.807, 2.05) is 11.0 Å². The zero-order chi connectivity index (χ0) is 14.7. The van der Waals surface area contributed by atoms with Crippen molar-refractivity contribution < 1.29 is 4.79 Å². The Hall–Kier alpha value is -1.82. The Morgan fingerprint density at radius 2 is 1.95 bits per heavy atom. The summed E-state index contributed by atoms with van der Waals surface area (Å²) < 4.78 is 0. The van der Waals surface area contributed by atoms with Crippen molar-refractivity contribution in [1.29, 1.82) is 5.26 Å². The molecule has 0 aromatic heterocycles. The third kappa shape index (κ3) is 2.81. The lowest BCUT2D eigenvalue weighted by Gasteiger charge is -2.33. The first-order valence-corrected chi connectivity index (χ1v) is 8.06. The number of nitrogens with zero attached hydrogens (tertiary/aromatic N) is 2. The van der Waals surface area contributed by atoms with Crippen LogP contribution in [0.4, 0.5) is 0 Å². The average Bonchev–Trinajstić information content (AvgIpc) is 3.05. The summed E-state index contributed by atoms with van der Waals surface area (Å²) in [7, 11) is 0. The van der Waals surface area contributed by atoms with Crippen molar-refractivity contribution in [1.82, 2.24) is 4.90 Å². The van der Waals surface area contributed by atoms with E-state index in [0.717, 1.165) is 32.1 Å². The number of fused-ring (bicyclic) bond motifs is 1. The molecule has 21 heavy (non-hydrogen) atoms. The number of hydrogen-bond acceptors (Lipinski definition) is 2. The lowest BCUT2D eigenvalue weighted by atomic mass is 9.82. The van der Waals surface area contributed by atoms with Crippen LogP contribution < -0.4 is 0 Å². The first kappa shape index (κ1) is 14.1. The first-order chi connectivity index (χ1) is 10.3. The molecule has 1 atom stereocenters. The molecule has 1 aromatic carbocycles. The Morgan fingerprint density at radius 3 is 2.71 bits per heavy atom. The Balaban J connectivity index is 1.85. The number of hydrogen-bond donors (Lipinski definition) is 0. The number of carbonyl (C=O) groups excluding carboxylic acids is 1. The summed E-state index contributed by atoms with van der Waals surface area (Å²) in [4.78, 5) is 14.9. The molecule has 0 radical (unpaired) electrons. The van der Waals surface area contributed by atoms with Gasteiger partial charge in [-0.2, -0.15) is 5.26 Å². The molecule has 0 N–H and O–H groups in total. The second kappa shape index (κ2) is 6.30. The molecule has 0 heterocycles. The average molecular weight is 282 g/mol. The maximum absolute atomic E-state index is 13.0. The molecular weight excluding hydrogens is 260 g/mol. The number of aryl methyl sites for hydroxylation is 1. The zero-order valence-electron chi connectivity index (χ0n) is 12.4. The van der Waals surface area contributed by atoms with E-state index in [-0.39, 0.29) is 24.4 Å². The molecule has 2 aliphatic carbocycles. The van der Waals surface area contributed by atoms with E-state index < -0.39 is 0 Å². The predicted octanol–water partition coefficient (Wildman–Crippen LogP) is 3.40. The van der Waals surface area contributed by atoms with Gasteiger partial charge in [-0.1, -0.05) is 37.1 Å². The fourth-order valence-corrected chi connectivity index (χ4v) is 3.89. The summed E-state index contributed by atoms with van der Waals surface area (Å²) >= 11 is 0. The van der Waals surface area contributed by atoms with Gasteiger partial charge in [0.1, 0.15) is 6.54 Å². The van der Waals surface area contributed by atoms with E-state index in [4.69, 9.17) is 5.26 Å². The number of rotatable bonds is 3. The summed E-state index contributed by atoms with van der Waals surface area (Å²) in [6, 6.07) is 10.8. The minimum atomic E-state index is -0.0381. The SMILES string of the molecule is N#CCN(C(=O)C1CCCc2ccccc21)C1CCCC1. The molecule has 3 rings (SSSR count). The number of benzene rings is 1. The fourth-order valence-electron chi connectivity index (χ4n) is 3.89. The highest BCUT2D eigenvalue weighted by molar-refractivity contribution is 5.85. The van der Waals surface area contributed by atoms with E-state index in [1.165, 1.54) is 24.0 Å². The molecule has 0 bridgehead atoms. The van der Waals surface area contributed by atoms with Gasteiger partial charge in [0.15, 0.2) is 0 Å². The molecule has 1 unspecified atom stereocenters. The molecule has 0 aliphatic heterocycles. The second-order valence-electron chi connectivity index (χ2n) is 6.21. The largest absolute Gasteiger partial charge is 0.326 e. The minimum absolute atomic E-state index is 0.0381. The Kier molecular flexibility index (Phi) is 4.24. The van der Waals surface area contributed by atoms with Crippen LogP contribution in [0.1, 0.15) is 55.6 Å². The second-order valence-corrected chi connectivity index (χ2v) is 6.21. The molecule has 1 saturated carbocycles. The van der Waals surface area contributed by atoms with Crippen LogP contribution in [-0.2, 0) is 11.2 Å². The zero-order valence-corrected chi connectivity index (χ0v) is 12.4. The van der Waals surface area contributed by atoms with Gasteiger partial charge in [0.25, 0.3) is 0 Å². The third-order valence-electron chi connectivity index (χ3n) is 4.96. The van der Waals surface area contributed by atoms with Crippen molar-refractivity contribution in [2.45, 2.75) is 56.9 Å². The van der Waals surface area contributed by atoms with Crippen molar-refractivity contribution >= 4 is 5.91 Å². The van der Waals surface area contributed by atoms with Crippen molar-refractivity contribution in [2.75, 3.05) is 6.54 Å². The van der Waals surface area contributed by atoms with Crippen molar-refractivity contribution in [3.8, 4) is 6.07 Å². The summed E-state index contributed by atoms with van der Waals surface area (Å²) in [5, 5.41) is 9.10. The van der Waals surface area contributed by atoms with E-state index in [0.29, 0.717) is 0 Å². The maximum Gasteiger partial charge on any atom is 0.231 e. The monoisotopic (exact) mass is 282 g/mol. The topological polar surface area (TPSA) is 44.1 Å². The summed E-state index contributed by atoms with van der Waals surface area (Å²) in [5.41, 5.74) is 2.50. The highest BCUT2D eigenvalue weighted by Crippen LogP contribution is 2.34. The highest BCUT2D eigenvalue weighted by atomic mass is 16.2. The van der Waals surface area contributed by atoms with Gasteiger partial charge in [-0.05, 0) is 43.2 Å². The van der Waals surface area contributed by atoms with Crippen molar-refractivity contribution in [3.63, 3.8) is 0 Å². The lowest BCUT2D eigenvalue weighted by molar-refractivity contribution is -0.134. The van der Waals surface area contributed by atoms with Gasteiger partial charge in [0.05, 0.1) is 12.0 Å². The van der Waals surface area contributed by atoms with Gasteiger partial charge in [-0.3, -0.25) is 4.79 Å². The molecular formula is C18H22N2O. The van der Waals surface area contributed by atoms with Crippen LogP contribution in [0.5, 0.6) is 0 Å². The third-order valence-corrected chi connectivity index (χ3v) is 4.96. The Bertz CT molecular complexity index is 555. The Morgan fingerprint density at radius 1 is 1.19 bits per heavy atom. The van der Waals surface area contributed by atoms with Crippen molar-refractivity contribution in [3.05, 3.63) is 35.4 Å². The molecule has 2 aliphatic rings. The van der Waals surface area contributed by atoms with Gasteiger partial charge < -0.3 is 4.90 Å². The van der Waals surface area contributed by atoms with Crippen LogP contribution in [-0.4, -0.2) is 23.4 Å². The normalized spacial score (nSPS) is 21.6. The van der Waals surface area contributed by atoms with Crippen LogP contribution in [0.3, 0.4) is 0 Å². The summed E-state index contributed by atoms with van der Waals surface area (Å²) in [6.45, 7) is 0.238. The standard InChI is InChI=1S/C18H22N2O/c19-12-13-20(15-8-2-3-9-15)18(21)17-11-5-7-14-6-1-4-10-16(14)17/h1,4,6,10,15,17H,2-3,5,7-9,11,13H2. The number of amides is 1. The van der Waals surface area contributed by atoms with Crippen LogP contribution in [0, 0.1) is 11.3 Å². The predicted molar refractivity (Wildman–Crippen MR) is 81.7 cm³/mol. The van der Waals surface area contributed by atoms with Gasteiger partial charge in [0.2, 0.25) is 5.91 Å². The fraction of sp³-hybridized carbons (Fsp3) is 0.556. The van der Waals surface area contributed by atoms with Gasteiger partial charge in [-0.15, -0.1) is 0 Å². The highest BCUT2D eigenvalue weighted by Gasteiger charge is 2.34. The van der Waals surface area contributed by atoms with Gasteiger partial charge >= 0.3 is 0 Å². The lowest BCUT2D eigenvalue weighted by Crippen LogP contribution is -2.42. The molecule has 110 valence electrons. The molecule has 1 aromatic rings. The van der Waals surface area contributed by atoms with Crippen LogP contribution in [0.25, 0.3) is 0 Å². The molecule has 0 saturated heterocycles.